The van der Waals surface area contributed by atoms with Crippen LogP contribution in [0.25, 0.3) is 10.8 Å². The average molecular weight is 362 g/mol. The Morgan fingerprint density at radius 1 is 1.16 bits per heavy atom. The smallest absolute Gasteiger partial charge is 0.309 e. The van der Waals surface area contributed by atoms with Crippen molar-refractivity contribution in [1.82, 2.24) is 15.2 Å². The molecule has 0 amide bonds. The fourth-order valence-electron chi connectivity index (χ4n) is 3.39. The minimum absolute atomic E-state index is 0.00682. The van der Waals surface area contributed by atoms with Gasteiger partial charge in [-0.25, -0.2) is 0 Å². The molecule has 1 aliphatic carbocycles. The van der Waals surface area contributed by atoms with E-state index in [-0.39, 0.29) is 11.9 Å². The van der Waals surface area contributed by atoms with Crippen molar-refractivity contribution in [1.29, 1.82) is 0 Å². The summed E-state index contributed by atoms with van der Waals surface area (Å²) in [6.07, 6.45) is 5.36. The summed E-state index contributed by atoms with van der Waals surface area (Å²) in [6, 6.07) is 2.03. The minimum atomic E-state index is -0.427. The summed E-state index contributed by atoms with van der Waals surface area (Å²) in [6.45, 7) is 7.62. The van der Waals surface area contributed by atoms with Gasteiger partial charge in [-0.15, -0.1) is 5.10 Å². The number of rotatable bonds is 2. The second-order valence-corrected chi connectivity index (χ2v) is 8.17. The second-order valence-electron chi connectivity index (χ2n) is 7.81. The zero-order valence-corrected chi connectivity index (χ0v) is 15.9. The third-order valence-corrected chi connectivity index (χ3v) is 4.99. The lowest BCUT2D eigenvalue weighted by Crippen LogP contribution is -2.30. The number of halogens is 1. The first-order chi connectivity index (χ1) is 11.7. The van der Waals surface area contributed by atoms with Gasteiger partial charge in [-0.2, -0.15) is 5.10 Å². The number of carbonyl (C=O) groups is 1. The molecule has 2 aromatic heterocycles. The van der Waals surface area contributed by atoms with Crippen LogP contribution in [0.15, 0.2) is 12.3 Å². The van der Waals surface area contributed by atoms with Gasteiger partial charge in [0.05, 0.1) is 11.6 Å². The van der Waals surface area contributed by atoms with Gasteiger partial charge in [0.1, 0.15) is 5.60 Å². The number of pyridine rings is 1. The Morgan fingerprint density at radius 2 is 1.84 bits per heavy atom. The standard InChI is InChI=1S/C19H24ClN3O2/c1-11-15-10-21-16(9-14(15)17(20)23-22-11)12-5-7-13(8-6-12)18(24)25-19(2,3)4/h9-10,12-13H,5-8H2,1-4H3. The van der Waals surface area contributed by atoms with Gasteiger partial charge >= 0.3 is 5.97 Å². The van der Waals surface area contributed by atoms with Crippen LogP contribution in [0, 0.1) is 12.8 Å². The highest BCUT2D eigenvalue weighted by Crippen LogP contribution is 2.37. The maximum atomic E-state index is 12.2. The van der Waals surface area contributed by atoms with Gasteiger partial charge in [-0.1, -0.05) is 11.6 Å². The molecule has 0 aliphatic heterocycles. The summed E-state index contributed by atoms with van der Waals surface area (Å²) < 4.78 is 5.52. The van der Waals surface area contributed by atoms with Crippen molar-refractivity contribution in [2.24, 2.45) is 5.92 Å². The van der Waals surface area contributed by atoms with E-state index in [1.54, 1.807) is 0 Å². The highest BCUT2D eigenvalue weighted by atomic mass is 35.5. The van der Waals surface area contributed by atoms with Gasteiger partial charge < -0.3 is 4.74 Å². The third kappa shape index (κ3) is 4.09. The molecule has 6 heteroatoms. The van der Waals surface area contributed by atoms with Crippen LogP contribution >= 0.6 is 11.6 Å². The fraction of sp³-hybridized carbons (Fsp3) is 0.579. The number of carbonyl (C=O) groups excluding carboxylic acids is 1. The van der Waals surface area contributed by atoms with Crippen LogP contribution in [0.1, 0.15) is 63.8 Å². The van der Waals surface area contributed by atoms with E-state index in [2.05, 4.69) is 15.2 Å². The molecular formula is C19H24ClN3O2. The molecule has 3 rings (SSSR count). The molecule has 1 fully saturated rings. The Bertz CT molecular complexity index is 793. The highest BCUT2D eigenvalue weighted by molar-refractivity contribution is 6.34. The number of hydrogen-bond acceptors (Lipinski definition) is 5. The van der Waals surface area contributed by atoms with Gasteiger partial charge in [0.25, 0.3) is 0 Å². The Balaban J connectivity index is 1.72. The van der Waals surface area contributed by atoms with E-state index in [9.17, 15) is 4.79 Å². The first-order valence-electron chi connectivity index (χ1n) is 8.76. The zero-order chi connectivity index (χ0) is 18.2. The van der Waals surface area contributed by atoms with E-state index >= 15 is 0 Å². The zero-order valence-electron chi connectivity index (χ0n) is 15.2. The summed E-state index contributed by atoms with van der Waals surface area (Å²) >= 11 is 6.20. The molecule has 134 valence electrons. The average Bonchev–Trinajstić information content (AvgIpc) is 2.57. The summed E-state index contributed by atoms with van der Waals surface area (Å²) in [4.78, 5) is 16.9. The first-order valence-corrected chi connectivity index (χ1v) is 9.13. The quantitative estimate of drug-likeness (QED) is 0.731. The van der Waals surface area contributed by atoms with Gasteiger partial charge in [0.15, 0.2) is 5.15 Å². The molecule has 0 atom stereocenters. The molecule has 1 saturated carbocycles. The number of fused-ring (bicyclic) bond motifs is 1. The molecule has 2 aromatic rings. The SMILES string of the molecule is Cc1nnc(Cl)c2cc(C3CCC(C(=O)OC(C)(C)C)CC3)ncc12. The lowest BCUT2D eigenvalue weighted by Gasteiger charge is -2.29. The lowest BCUT2D eigenvalue weighted by atomic mass is 9.80. The van der Waals surface area contributed by atoms with Gasteiger partial charge in [-0.05, 0) is 59.4 Å². The molecule has 0 unspecified atom stereocenters. The van der Waals surface area contributed by atoms with Crippen molar-refractivity contribution in [3.05, 3.63) is 28.8 Å². The van der Waals surface area contributed by atoms with Crippen LogP contribution in [-0.4, -0.2) is 26.8 Å². The predicted molar refractivity (Wildman–Crippen MR) is 97.6 cm³/mol. The molecular weight excluding hydrogens is 338 g/mol. The van der Waals surface area contributed by atoms with E-state index in [1.165, 1.54) is 0 Å². The minimum Gasteiger partial charge on any atom is -0.460 e. The molecule has 1 aliphatic rings. The molecule has 25 heavy (non-hydrogen) atoms. The van der Waals surface area contributed by atoms with Crippen LogP contribution in [0.5, 0.6) is 0 Å². The van der Waals surface area contributed by atoms with Crippen LogP contribution in [-0.2, 0) is 9.53 Å². The summed E-state index contributed by atoms with van der Waals surface area (Å²) in [5, 5.41) is 10.3. The van der Waals surface area contributed by atoms with Gasteiger partial charge in [-0.3, -0.25) is 9.78 Å². The maximum Gasteiger partial charge on any atom is 0.309 e. The maximum absolute atomic E-state index is 12.2. The molecule has 0 aromatic carbocycles. The Hall–Kier alpha value is -1.75. The van der Waals surface area contributed by atoms with Crippen molar-refractivity contribution < 1.29 is 9.53 Å². The molecule has 2 heterocycles. The monoisotopic (exact) mass is 361 g/mol. The van der Waals surface area contributed by atoms with Crippen molar-refractivity contribution in [2.75, 3.05) is 0 Å². The first kappa shape index (κ1) is 18.1. The third-order valence-electron chi connectivity index (χ3n) is 4.71. The summed E-state index contributed by atoms with van der Waals surface area (Å²) in [5.41, 5.74) is 1.42. The lowest BCUT2D eigenvalue weighted by molar-refractivity contribution is -0.161. The number of ether oxygens (including phenoxy) is 1. The molecule has 0 saturated heterocycles. The van der Waals surface area contributed by atoms with Crippen LogP contribution in [0.2, 0.25) is 5.15 Å². The summed E-state index contributed by atoms with van der Waals surface area (Å²) in [7, 11) is 0. The molecule has 0 bridgehead atoms. The van der Waals surface area contributed by atoms with Crippen LogP contribution in [0.3, 0.4) is 0 Å². The van der Waals surface area contributed by atoms with Crippen molar-refractivity contribution >= 4 is 28.3 Å². The van der Waals surface area contributed by atoms with Crippen molar-refractivity contribution in [3.8, 4) is 0 Å². The number of hydrogen-bond donors (Lipinski definition) is 0. The van der Waals surface area contributed by atoms with E-state index in [4.69, 9.17) is 16.3 Å². The Labute approximate surface area is 153 Å². The van der Waals surface area contributed by atoms with Crippen LogP contribution < -0.4 is 0 Å². The molecule has 0 spiro atoms. The normalized spacial score (nSPS) is 21.3. The van der Waals surface area contributed by atoms with Crippen molar-refractivity contribution in [2.45, 2.75) is 64.9 Å². The Morgan fingerprint density at radius 3 is 2.48 bits per heavy atom. The van der Waals surface area contributed by atoms with Crippen molar-refractivity contribution in [3.63, 3.8) is 0 Å². The topological polar surface area (TPSA) is 65.0 Å². The number of nitrogens with zero attached hydrogens (tertiary/aromatic N) is 3. The number of aryl methyl sites for hydroxylation is 1. The second kappa shape index (κ2) is 6.87. The van der Waals surface area contributed by atoms with E-state index in [1.807, 2.05) is 40.0 Å². The highest BCUT2D eigenvalue weighted by Gasteiger charge is 2.31. The molecule has 5 nitrogen and oxygen atoms in total. The van der Waals surface area contributed by atoms with E-state index in [0.717, 1.165) is 47.8 Å². The molecule has 0 N–H and O–H groups in total. The predicted octanol–water partition coefficient (Wildman–Crippen LogP) is 4.60. The Kier molecular flexibility index (Phi) is 4.96. The summed E-state index contributed by atoms with van der Waals surface area (Å²) in [5.74, 6) is 0.256. The number of aromatic nitrogens is 3. The largest absolute Gasteiger partial charge is 0.460 e. The number of esters is 1. The van der Waals surface area contributed by atoms with E-state index < -0.39 is 5.60 Å². The molecule has 0 radical (unpaired) electrons. The van der Waals surface area contributed by atoms with E-state index in [0.29, 0.717) is 11.1 Å². The van der Waals surface area contributed by atoms with Gasteiger partial charge in [0, 0.05) is 28.6 Å². The fourth-order valence-corrected chi connectivity index (χ4v) is 3.58. The van der Waals surface area contributed by atoms with Gasteiger partial charge in [0.2, 0.25) is 0 Å². The van der Waals surface area contributed by atoms with Crippen LogP contribution in [0.4, 0.5) is 0 Å².